The number of rotatable bonds is 19. The lowest BCUT2D eigenvalue weighted by atomic mass is 9.95. The third-order valence-electron chi connectivity index (χ3n) is 10.2. The van der Waals surface area contributed by atoms with Gasteiger partial charge in [0.05, 0.1) is 5.56 Å². The molecule has 4 aromatic rings. The van der Waals surface area contributed by atoms with Gasteiger partial charge in [0, 0.05) is 61.0 Å². The number of nitrogens with zero attached hydrogens (tertiary/aromatic N) is 2. The SMILES string of the molecule is CCC(CC)N(CCN(C)C(=O)OCC(=O)O)Cc1cccc(C(=O)Nc2sc3c(c2CNc2ccc(CCc4ccc(C(=O)O)cc4)cc2)CCCC3)c1. The fourth-order valence-corrected chi connectivity index (χ4v) is 8.33. The number of aromatic carboxylic acids is 1. The molecule has 1 aliphatic carbocycles. The lowest BCUT2D eigenvalue weighted by Gasteiger charge is -2.32. The molecule has 4 N–H and O–H groups in total. The van der Waals surface area contributed by atoms with Crippen LogP contribution in [-0.4, -0.2) is 76.7 Å². The van der Waals surface area contributed by atoms with Crippen LogP contribution in [-0.2, 0) is 48.3 Å². The molecular formula is C43H52N4O7S. The Hall–Kier alpha value is -5.20. The number of aliphatic carboxylic acids is 1. The first-order valence-electron chi connectivity index (χ1n) is 19.1. The van der Waals surface area contributed by atoms with Crippen molar-refractivity contribution in [2.75, 3.05) is 37.4 Å². The summed E-state index contributed by atoms with van der Waals surface area (Å²) in [7, 11) is 1.60. The Labute approximate surface area is 327 Å². The van der Waals surface area contributed by atoms with Crippen molar-refractivity contribution in [3.8, 4) is 0 Å². The second-order valence-electron chi connectivity index (χ2n) is 14.0. The number of thiophene rings is 1. The van der Waals surface area contributed by atoms with Gasteiger partial charge in [0.25, 0.3) is 5.91 Å². The van der Waals surface area contributed by atoms with Gasteiger partial charge < -0.3 is 30.5 Å². The van der Waals surface area contributed by atoms with Gasteiger partial charge in [-0.2, -0.15) is 0 Å². The van der Waals surface area contributed by atoms with Crippen LogP contribution in [0, 0.1) is 0 Å². The summed E-state index contributed by atoms with van der Waals surface area (Å²) in [5, 5.41) is 25.7. The van der Waals surface area contributed by atoms with Crippen molar-refractivity contribution >= 4 is 46.0 Å². The van der Waals surface area contributed by atoms with E-state index in [1.165, 1.54) is 20.9 Å². The molecule has 0 spiro atoms. The normalized spacial score (nSPS) is 12.3. The monoisotopic (exact) mass is 768 g/mol. The number of benzene rings is 3. The molecule has 1 aromatic heterocycles. The van der Waals surface area contributed by atoms with Crippen LogP contribution in [0.25, 0.3) is 0 Å². The molecule has 0 saturated carbocycles. The van der Waals surface area contributed by atoms with Crippen molar-refractivity contribution < 1.29 is 34.1 Å². The largest absolute Gasteiger partial charge is 0.479 e. The van der Waals surface area contributed by atoms with E-state index in [4.69, 9.17) is 14.9 Å². The zero-order valence-corrected chi connectivity index (χ0v) is 32.8. The molecule has 3 aromatic carbocycles. The van der Waals surface area contributed by atoms with Gasteiger partial charge in [-0.1, -0.05) is 50.2 Å². The average molecular weight is 769 g/mol. The van der Waals surface area contributed by atoms with Crippen LogP contribution in [0.15, 0.2) is 72.8 Å². The van der Waals surface area contributed by atoms with Crippen LogP contribution in [0.1, 0.15) is 92.9 Å². The highest BCUT2D eigenvalue weighted by atomic mass is 32.1. The highest BCUT2D eigenvalue weighted by Gasteiger charge is 2.23. The van der Waals surface area contributed by atoms with Gasteiger partial charge in [-0.3, -0.25) is 9.69 Å². The molecule has 0 radical (unpaired) electrons. The molecule has 0 unspecified atom stereocenters. The van der Waals surface area contributed by atoms with E-state index in [-0.39, 0.29) is 11.9 Å². The number of anilines is 2. The maximum atomic E-state index is 13.8. The molecule has 1 heterocycles. The molecule has 2 amide bonds. The minimum absolute atomic E-state index is 0.154. The zero-order valence-electron chi connectivity index (χ0n) is 31.9. The maximum Gasteiger partial charge on any atom is 0.410 e. The lowest BCUT2D eigenvalue weighted by Crippen LogP contribution is -2.41. The summed E-state index contributed by atoms with van der Waals surface area (Å²) >= 11 is 1.68. The summed E-state index contributed by atoms with van der Waals surface area (Å²) in [5.41, 5.74) is 7.64. The Morgan fingerprint density at radius 1 is 0.836 bits per heavy atom. The molecule has 292 valence electrons. The Morgan fingerprint density at radius 3 is 2.16 bits per heavy atom. The molecule has 0 saturated heterocycles. The maximum absolute atomic E-state index is 13.8. The second-order valence-corrected chi connectivity index (χ2v) is 15.1. The molecule has 11 nitrogen and oxygen atoms in total. The number of aryl methyl sites for hydroxylation is 3. The molecule has 0 fully saturated rings. The summed E-state index contributed by atoms with van der Waals surface area (Å²) in [6, 6.07) is 23.4. The van der Waals surface area contributed by atoms with Crippen molar-refractivity contribution in [3.63, 3.8) is 0 Å². The van der Waals surface area contributed by atoms with Crippen molar-refractivity contribution in [2.24, 2.45) is 0 Å². The number of likely N-dealkylation sites (N-methyl/N-ethyl adjacent to an activating group) is 1. The number of amides is 2. The van der Waals surface area contributed by atoms with Crippen LogP contribution in [0.4, 0.5) is 15.5 Å². The van der Waals surface area contributed by atoms with E-state index in [0.717, 1.165) is 78.7 Å². The van der Waals surface area contributed by atoms with Crippen molar-refractivity contribution in [1.82, 2.24) is 9.80 Å². The summed E-state index contributed by atoms with van der Waals surface area (Å²) in [4.78, 5) is 53.1. The fourth-order valence-electron chi connectivity index (χ4n) is 7.02. The summed E-state index contributed by atoms with van der Waals surface area (Å²) < 4.78 is 4.83. The number of fused-ring (bicyclic) bond motifs is 1. The Morgan fingerprint density at radius 2 is 1.51 bits per heavy atom. The molecule has 55 heavy (non-hydrogen) atoms. The lowest BCUT2D eigenvalue weighted by molar-refractivity contribution is -0.140. The fraction of sp³-hybridized carbons (Fsp3) is 0.395. The summed E-state index contributed by atoms with van der Waals surface area (Å²) in [5.74, 6) is -2.27. The minimum atomic E-state index is -1.20. The molecule has 0 aliphatic heterocycles. The quantitative estimate of drug-likeness (QED) is 0.0743. The van der Waals surface area contributed by atoms with Crippen LogP contribution in [0.5, 0.6) is 0 Å². The number of hydrogen-bond donors (Lipinski definition) is 4. The first kappa shape index (κ1) is 41.0. The highest BCUT2D eigenvalue weighted by molar-refractivity contribution is 7.16. The van der Waals surface area contributed by atoms with Crippen LogP contribution >= 0.6 is 11.3 Å². The topological polar surface area (TPSA) is 149 Å². The van der Waals surface area contributed by atoms with Crippen molar-refractivity contribution in [2.45, 2.75) is 84.3 Å². The highest BCUT2D eigenvalue weighted by Crippen LogP contribution is 2.39. The van der Waals surface area contributed by atoms with E-state index in [1.807, 2.05) is 36.4 Å². The Balaban J connectivity index is 1.22. The number of carbonyl (C=O) groups is 4. The van der Waals surface area contributed by atoms with Gasteiger partial charge in [0.15, 0.2) is 6.61 Å². The average Bonchev–Trinajstić information content (AvgIpc) is 3.54. The van der Waals surface area contributed by atoms with Gasteiger partial charge in [-0.05, 0) is 110 Å². The predicted octanol–water partition coefficient (Wildman–Crippen LogP) is 8.12. The molecule has 5 rings (SSSR count). The van der Waals surface area contributed by atoms with Gasteiger partial charge in [0.2, 0.25) is 0 Å². The smallest absolute Gasteiger partial charge is 0.410 e. The summed E-state index contributed by atoms with van der Waals surface area (Å²) in [6.45, 7) is 5.70. The second kappa shape index (κ2) is 19.9. The van der Waals surface area contributed by atoms with Crippen LogP contribution in [0.3, 0.4) is 0 Å². The van der Waals surface area contributed by atoms with Crippen LogP contribution < -0.4 is 10.6 Å². The van der Waals surface area contributed by atoms with Crippen LogP contribution in [0.2, 0.25) is 0 Å². The van der Waals surface area contributed by atoms with E-state index in [9.17, 15) is 19.2 Å². The van der Waals surface area contributed by atoms with Gasteiger partial charge in [-0.15, -0.1) is 11.3 Å². The number of carboxylic acids is 2. The van der Waals surface area contributed by atoms with E-state index in [2.05, 4.69) is 53.6 Å². The minimum Gasteiger partial charge on any atom is -0.479 e. The number of carbonyl (C=O) groups excluding carboxylic acids is 2. The standard InChI is InChI=1S/C43H52N4O7S/c1-4-35(5-2)47(24-23-46(3)43(53)54-28-39(48)49)27-31-9-8-10-33(25-31)40(50)45-41-37(36-11-6-7-12-38(36)55-41)26-44-34-21-17-30(18-22-34)14-13-29-15-19-32(20-16-29)42(51)52/h8-10,15-22,25,35,44H,4-7,11-14,23-24,26-28H2,1-3H3,(H,45,50)(H,48,49)(H,51,52). The summed E-state index contributed by atoms with van der Waals surface area (Å²) in [6.07, 6.45) is 7.12. The number of hydrogen-bond acceptors (Lipinski definition) is 8. The number of nitrogens with one attached hydrogen (secondary N) is 2. The third kappa shape index (κ3) is 11.6. The first-order chi connectivity index (χ1) is 26.5. The van der Waals surface area contributed by atoms with E-state index in [1.54, 1.807) is 30.5 Å². The van der Waals surface area contributed by atoms with Gasteiger partial charge >= 0.3 is 18.0 Å². The molecule has 0 bridgehead atoms. The zero-order chi connectivity index (χ0) is 39.3. The molecular weight excluding hydrogens is 717 g/mol. The number of carboxylic acid groups (broad SMARTS) is 2. The van der Waals surface area contributed by atoms with E-state index in [0.29, 0.717) is 37.3 Å². The first-order valence-corrected chi connectivity index (χ1v) is 19.9. The number of ether oxygens (including phenoxy) is 1. The van der Waals surface area contributed by atoms with Crippen molar-refractivity contribution in [3.05, 3.63) is 117 Å². The third-order valence-corrected chi connectivity index (χ3v) is 11.5. The Kier molecular flexibility index (Phi) is 14.8. The Bertz CT molecular complexity index is 1920. The van der Waals surface area contributed by atoms with Gasteiger partial charge in [-0.25, -0.2) is 14.4 Å². The molecule has 1 aliphatic rings. The predicted molar refractivity (Wildman–Crippen MR) is 216 cm³/mol. The molecule has 12 heteroatoms. The molecule has 0 atom stereocenters. The van der Waals surface area contributed by atoms with Gasteiger partial charge in [0.1, 0.15) is 5.00 Å². The van der Waals surface area contributed by atoms with E-state index >= 15 is 0 Å². The van der Waals surface area contributed by atoms with E-state index < -0.39 is 24.6 Å². The van der Waals surface area contributed by atoms with Crippen molar-refractivity contribution in [1.29, 1.82) is 0 Å².